The molecule has 0 radical (unpaired) electrons. The molecule has 0 aliphatic carbocycles. The normalized spacial score (nSPS) is 11.8. The molecule has 4 nitrogen and oxygen atoms in total. The molecule has 0 saturated heterocycles. The molecule has 1 amide bonds. The highest BCUT2D eigenvalue weighted by atomic mass is 35.5. The zero-order valence-electron chi connectivity index (χ0n) is 14.1. The minimum absolute atomic E-state index is 0.0436. The van der Waals surface area contributed by atoms with Crippen molar-refractivity contribution < 1.29 is 14.7 Å². The van der Waals surface area contributed by atoms with Crippen molar-refractivity contribution in [1.29, 1.82) is 0 Å². The number of carbonyl (C=O) groups excluding carboxylic acids is 1. The lowest BCUT2D eigenvalue weighted by Crippen LogP contribution is -2.34. The van der Waals surface area contributed by atoms with E-state index in [9.17, 15) is 14.7 Å². The molecular weight excluding hydrogens is 358 g/mol. The molecule has 2 aromatic carbocycles. The Labute approximate surface area is 156 Å². The van der Waals surface area contributed by atoms with E-state index in [0.717, 1.165) is 16.0 Å². The van der Waals surface area contributed by atoms with Crippen LogP contribution in [0.3, 0.4) is 0 Å². The first-order valence-corrected chi connectivity index (χ1v) is 9.41. The summed E-state index contributed by atoms with van der Waals surface area (Å²) < 4.78 is 0. The Balaban J connectivity index is 2.06. The van der Waals surface area contributed by atoms with E-state index >= 15 is 0 Å². The number of hydrogen-bond donors (Lipinski definition) is 2. The van der Waals surface area contributed by atoms with E-state index in [2.05, 4.69) is 5.32 Å². The average Bonchev–Trinajstić information content (AvgIpc) is 2.58. The number of thioether (sulfide) groups is 1. The van der Waals surface area contributed by atoms with E-state index in [1.807, 2.05) is 43.5 Å². The second-order valence-electron chi connectivity index (χ2n) is 5.78. The Hall–Kier alpha value is -1.98. The average molecular weight is 378 g/mol. The van der Waals surface area contributed by atoms with Crippen LogP contribution in [0.1, 0.15) is 21.5 Å². The first-order chi connectivity index (χ1) is 11.9. The summed E-state index contributed by atoms with van der Waals surface area (Å²) >= 11 is 7.60. The predicted octanol–water partition coefficient (Wildman–Crippen LogP) is 4.04. The third kappa shape index (κ3) is 5.51. The molecule has 2 N–H and O–H groups in total. The van der Waals surface area contributed by atoms with Gasteiger partial charge in [0.25, 0.3) is 5.91 Å². The molecule has 2 rings (SSSR count). The maximum atomic E-state index is 12.4. The summed E-state index contributed by atoms with van der Waals surface area (Å²) in [5, 5.41) is 12.5. The van der Waals surface area contributed by atoms with E-state index in [-0.39, 0.29) is 12.5 Å². The smallest absolute Gasteiger partial charge is 0.308 e. The highest BCUT2D eigenvalue weighted by Gasteiger charge is 2.20. The zero-order chi connectivity index (χ0) is 18.4. The molecule has 0 aromatic heterocycles. The van der Waals surface area contributed by atoms with Gasteiger partial charge in [-0.25, -0.2) is 0 Å². The van der Waals surface area contributed by atoms with Crippen LogP contribution in [-0.2, 0) is 11.2 Å². The van der Waals surface area contributed by atoms with Crippen LogP contribution in [-0.4, -0.2) is 29.8 Å². The second kappa shape index (κ2) is 8.92. The quantitative estimate of drug-likeness (QED) is 0.714. The van der Waals surface area contributed by atoms with Gasteiger partial charge in [0.2, 0.25) is 0 Å². The van der Waals surface area contributed by atoms with Gasteiger partial charge in [0.05, 0.1) is 16.5 Å². The number of aliphatic carboxylic acids is 1. The second-order valence-corrected chi connectivity index (χ2v) is 7.07. The molecule has 2 aromatic rings. The van der Waals surface area contributed by atoms with Crippen LogP contribution >= 0.6 is 23.4 Å². The van der Waals surface area contributed by atoms with E-state index in [1.165, 1.54) is 11.8 Å². The van der Waals surface area contributed by atoms with E-state index < -0.39 is 11.9 Å². The SMILES string of the molecule is CSc1ccc(Cl)c(C(=O)NCC(Cc2cccc(C)c2)C(=O)O)c1. The highest BCUT2D eigenvalue weighted by molar-refractivity contribution is 7.98. The van der Waals surface area contributed by atoms with Gasteiger partial charge < -0.3 is 10.4 Å². The summed E-state index contributed by atoms with van der Waals surface area (Å²) in [5.41, 5.74) is 2.36. The molecule has 0 saturated carbocycles. The fourth-order valence-corrected chi connectivity index (χ4v) is 3.13. The van der Waals surface area contributed by atoms with Crippen molar-refractivity contribution in [3.05, 3.63) is 64.2 Å². The Morgan fingerprint density at radius 2 is 2.00 bits per heavy atom. The van der Waals surface area contributed by atoms with Crippen LogP contribution in [0.25, 0.3) is 0 Å². The number of carboxylic acid groups (broad SMARTS) is 1. The molecule has 0 aliphatic heterocycles. The van der Waals surface area contributed by atoms with Crippen molar-refractivity contribution in [3.8, 4) is 0 Å². The molecule has 0 fully saturated rings. The Kier molecular flexibility index (Phi) is 6.91. The highest BCUT2D eigenvalue weighted by Crippen LogP contribution is 2.23. The van der Waals surface area contributed by atoms with Crippen molar-refractivity contribution >= 4 is 35.2 Å². The van der Waals surface area contributed by atoms with Crippen molar-refractivity contribution in [2.24, 2.45) is 5.92 Å². The van der Waals surface area contributed by atoms with Gasteiger partial charge in [-0.05, 0) is 43.4 Å². The molecule has 1 unspecified atom stereocenters. The Morgan fingerprint density at radius 1 is 1.24 bits per heavy atom. The molecule has 0 heterocycles. The minimum atomic E-state index is -0.939. The van der Waals surface area contributed by atoms with E-state index in [4.69, 9.17) is 11.6 Å². The number of benzene rings is 2. The van der Waals surface area contributed by atoms with Crippen LogP contribution in [0.2, 0.25) is 5.02 Å². The fourth-order valence-electron chi connectivity index (χ4n) is 2.49. The van der Waals surface area contributed by atoms with Crippen LogP contribution in [0.4, 0.5) is 0 Å². The van der Waals surface area contributed by atoms with Gasteiger partial charge in [-0.15, -0.1) is 11.8 Å². The zero-order valence-corrected chi connectivity index (χ0v) is 15.7. The van der Waals surface area contributed by atoms with Crippen LogP contribution in [0.15, 0.2) is 47.4 Å². The summed E-state index contributed by atoms with van der Waals surface area (Å²) in [7, 11) is 0. The van der Waals surface area contributed by atoms with Gasteiger partial charge in [0.15, 0.2) is 0 Å². The largest absolute Gasteiger partial charge is 0.481 e. The van der Waals surface area contributed by atoms with Crippen LogP contribution in [0.5, 0.6) is 0 Å². The lowest BCUT2D eigenvalue weighted by atomic mass is 9.98. The van der Waals surface area contributed by atoms with Gasteiger partial charge in [-0.1, -0.05) is 41.4 Å². The first-order valence-electron chi connectivity index (χ1n) is 7.80. The molecule has 0 aliphatic rings. The molecule has 0 bridgehead atoms. The third-order valence-electron chi connectivity index (χ3n) is 3.84. The van der Waals surface area contributed by atoms with E-state index in [0.29, 0.717) is 17.0 Å². The summed E-state index contributed by atoms with van der Waals surface area (Å²) in [5.74, 6) is -2.00. The Morgan fingerprint density at radius 3 is 2.64 bits per heavy atom. The predicted molar refractivity (Wildman–Crippen MR) is 102 cm³/mol. The summed E-state index contributed by atoms with van der Waals surface area (Å²) in [4.78, 5) is 24.8. The van der Waals surface area contributed by atoms with Crippen molar-refractivity contribution in [1.82, 2.24) is 5.32 Å². The van der Waals surface area contributed by atoms with Crippen LogP contribution in [0, 0.1) is 12.8 Å². The molecule has 132 valence electrons. The molecular formula is C19H20ClNO3S. The molecule has 1 atom stereocenters. The lowest BCUT2D eigenvalue weighted by molar-refractivity contribution is -0.141. The maximum Gasteiger partial charge on any atom is 0.308 e. The number of carboxylic acids is 1. The number of amides is 1. The number of halogens is 1. The lowest BCUT2D eigenvalue weighted by Gasteiger charge is -2.14. The fraction of sp³-hybridized carbons (Fsp3) is 0.263. The minimum Gasteiger partial charge on any atom is -0.481 e. The Bertz CT molecular complexity index is 779. The molecule has 6 heteroatoms. The van der Waals surface area contributed by atoms with Crippen molar-refractivity contribution in [3.63, 3.8) is 0 Å². The maximum absolute atomic E-state index is 12.4. The summed E-state index contributed by atoms with van der Waals surface area (Å²) in [6.45, 7) is 2.00. The number of rotatable bonds is 7. The van der Waals surface area contributed by atoms with Gasteiger partial charge in [0.1, 0.15) is 0 Å². The number of nitrogens with one attached hydrogen (secondary N) is 1. The van der Waals surface area contributed by atoms with Crippen LogP contribution < -0.4 is 5.32 Å². The van der Waals surface area contributed by atoms with Gasteiger partial charge in [0, 0.05) is 11.4 Å². The topological polar surface area (TPSA) is 66.4 Å². The summed E-state index contributed by atoms with van der Waals surface area (Å²) in [6.07, 6.45) is 2.27. The van der Waals surface area contributed by atoms with Gasteiger partial charge >= 0.3 is 5.97 Å². The summed E-state index contributed by atoms with van der Waals surface area (Å²) in [6, 6.07) is 12.9. The number of carbonyl (C=O) groups is 2. The van der Waals surface area contributed by atoms with Crippen molar-refractivity contribution in [2.75, 3.05) is 12.8 Å². The van der Waals surface area contributed by atoms with E-state index in [1.54, 1.807) is 12.1 Å². The molecule has 0 spiro atoms. The number of hydrogen-bond acceptors (Lipinski definition) is 3. The molecule has 25 heavy (non-hydrogen) atoms. The standard InChI is InChI=1S/C19H20ClNO3S/c1-12-4-3-5-13(8-12)9-14(19(23)24)11-21-18(22)16-10-15(25-2)6-7-17(16)20/h3-8,10,14H,9,11H2,1-2H3,(H,21,22)(H,23,24). The van der Waals surface area contributed by atoms with Gasteiger partial charge in [-0.2, -0.15) is 0 Å². The van der Waals surface area contributed by atoms with Crippen molar-refractivity contribution in [2.45, 2.75) is 18.2 Å². The third-order valence-corrected chi connectivity index (χ3v) is 4.90. The van der Waals surface area contributed by atoms with Gasteiger partial charge in [-0.3, -0.25) is 9.59 Å². The monoisotopic (exact) mass is 377 g/mol. The number of aryl methyl sites for hydroxylation is 1. The first kappa shape index (κ1) is 19.3.